The maximum Gasteiger partial charge on any atom is 0.255 e. The van der Waals surface area contributed by atoms with E-state index in [1.165, 1.54) is 32.1 Å². The third-order valence-electron chi connectivity index (χ3n) is 7.28. The number of hydrogen-bond acceptors (Lipinski definition) is 5. The summed E-state index contributed by atoms with van der Waals surface area (Å²) in [7, 11) is 0. The van der Waals surface area contributed by atoms with E-state index in [1.807, 2.05) is 12.1 Å². The number of nitrogens with one attached hydrogen (secondary N) is 3. The Bertz CT molecular complexity index is 864. The first kappa shape index (κ1) is 18.8. The molecule has 0 radical (unpaired) electrons. The Balaban J connectivity index is 1.32. The molecule has 1 aromatic carbocycles. The largest absolute Gasteiger partial charge is 0.322 e. The number of imide groups is 1. The summed E-state index contributed by atoms with van der Waals surface area (Å²) in [6.45, 7) is 2.27. The first-order valence-corrected chi connectivity index (χ1v) is 10.8. The van der Waals surface area contributed by atoms with E-state index >= 15 is 0 Å². The maximum absolute atomic E-state index is 13.0. The first-order chi connectivity index (χ1) is 14.1. The van der Waals surface area contributed by atoms with Crippen LogP contribution in [-0.2, 0) is 22.7 Å². The van der Waals surface area contributed by atoms with Crippen molar-refractivity contribution in [3.63, 3.8) is 0 Å². The number of nitrogens with zero attached hydrogens (tertiary/aromatic N) is 1. The Morgan fingerprint density at radius 3 is 2.76 bits per heavy atom. The summed E-state index contributed by atoms with van der Waals surface area (Å²) in [4.78, 5) is 38.3. The van der Waals surface area contributed by atoms with Gasteiger partial charge in [0.2, 0.25) is 11.8 Å². The van der Waals surface area contributed by atoms with Crippen molar-refractivity contribution in [3.8, 4) is 0 Å². The fourth-order valence-corrected chi connectivity index (χ4v) is 5.47. The summed E-state index contributed by atoms with van der Waals surface area (Å²) < 4.78 is 0. The van der Waals surface area contributed by atoms with Gasteiger partial charge in [-0.1, -0.05) is 12.1 Å². The third-order valence-corrected chi connectivity index (χ3v) is 7.28. The first-order valence-electron chi connectivity index (χ1n) is 10.8. The summed E-state index contributed by atoms with van der Waals surface area (Å²) in [5.74, 6) is -0.722. The van der Waals surface area contributed by atoms with Crippen LogP contribution in [0.5, 0.6) is 0 Å². The highest BCUT2D eigenvalue weighted by atomic mass is 16.2. The number of fused-ring (bicyclic) bond motifs is 1. The smallest absolute Gasteiger partial charge is 0.255 e. The molecule has 7 heteroatoms. The lowest BCUT2D eigenvalue weighted by molar-refractivity contribution is -0.136. The van der Waals surface area contributed by atoms with Crippen molar-refractivity contribution in [1.29, 1.82) is 0 Å². The average molecular weight is 396 g/mol. The predicted molar refractivity (Wildman–Crippen MR) is 107 cm³/mol. The van der Waals surface area contributed by atoms with Crippen LogP contribution in [0.25, 0.3) is 0 Å². The molecule has 2 unspecified atom stereocenters. The molecule has 1 aromatic rings. The van der Waals surface area contributed by atoms with E-state index in [2.05, 4.69) is 22.0 Å². The number of piperidine rings is 2. The molecule has 154 valence electrons. The van der Waals surface area contributed by atoms with E-state index in [0.29, 0.717) is 24.6 Å². The predicted octanol–water partition coefficient (Wildman–Crippen LogP) is 1.21. The molecule has 7 nitrogen and oxygen atoms in total. The lowest BCUT2D eigenvalue weighted by Gasteiger charge is -2.51. The van der Waals surface area contributed by atoms with Crippen LogP contribution in [0, 0.1) is 0 Å². The molecule has 2 atom stereocenters. The van der Waals surface area contributed by atoms with Crippen LogP contribution >= 0.6 is 0 Å². The van der Waals surface area contributed by atoms with E-state index < -0.39 is 6.04 Å². The highest BCUT2D eigenvalue weighted by Gasteiger charge is 2.45. The molecule has 1 aliphatic carbocycles. The van der Waals surface area contributed by atoms with Gasteiger partial charge in [-0.15, -0.1) is 0 Å². The van der Waals surface area contributed by atoms with Gasteiger partial charge in [0.15, 0.2) is 0 Å². The molecule has 3 heterocycles. The molecule has 1 spiro atoms. The summed E-state index contributed by atoms with van der Waals surface area (Å²) in [5, 5.41) is 9.87. The Hall–Kier alpha value is -2.25. The summed E-state index contributed by atoms with van der Waals surface area (Å²) in [5.41, 5.74) is 3.09. The molecule has 0 aromatic heterocycles. The second-order valence-corrected chi connectivity index (χ2v) is 8.86. The molecule has 2 saturated heterocycles. The molecular formula is C22H28N4O3. The number of amides is 3. The minimum absolute atomic E-state index is 0.105. The molecule has 3 fully saturated rings. The SMILES string of the molecule is O=C1CCC(N2Cc3c(CNC4CCCNC45CCC5)cccc3C2=O)C(=O)N1. The normalized spacial score (nSPS) is 28.3. The van der Waals surface area contributed by atoms with E-state index in [9.17, 15) is 14.4 Å². The zero-order chi connectivity index (χ0) is 20.0. The molecule has 0 bridgehead atoms. The van der Waals surface area contributed by atoms with Crippen molar-refractivity contribution in [3.05, 3.63) is 34.9 Å². The van der Waals surface area contributed by atoms with Crippen LogP contribution in [0.3, 0.4) is 0 Å². The molecule has 4 aliphatic rings. The van der Waals surface area contributed by atoms with Crippen LogP contribution in [0.15, 0.2) is 18.2 Å². The monoisotopic (exact) mass is 396 g/mol. The minimum atomic E-state index is -0.561. The maximum atomic E-state index is 13.0. The number of benzene rings is 1. The topological polar surface area (TPSA) is 90.5 Å². The van der Waals surface area contributed by atoms with Gasteiger partial charge in [-0.3, -0.25) is 19.7 Å². The van der Waals surface area contributed by atoms with Gasteiger partial charge in [0, 0.05) is 36.7 Å². The van der Waals surface area contributed by atoms with E-state index in [1.54, 1.807) is 4.90 Å². The van der Waals surface area contributed by atoms with Crippen LogP contribution in [0.2, 0.25) is 0 Å². The van der Waals surface area contributed by atoms with Crippen LogP contribution in [0.4, 0.5) is 0 Å². The summed E-state index contributed by atoms with van der Waals surface area (Å²) in [6, 6.07) is 5.76. The van der Waals surface area contributed by atoms with E-state index in [-0.39, 0.29) is 29.7 Å². The Morgan fingerprint density at radius 2 is 2.00 bits per heavy atom. The number of carbonyl (C=O) groups excluding carboxylic acids is 3. The molecule has 3 N–H and O–H groups in total. The second kappa shape index (κ2) is 7.22. The standard InChI is InChI=1S/C22H28N4O3/c27-19-8-7-17(20(28)25-19)26-13-16-14(4-1-5-15(16)21(26)29)12-23-18-6-2-11-24-22(18)9-3-10-22/h1,4-5,17-18,23-24H,2-3,6-13H2,(H,25,27,28). The molecular weight excluding hydrogens is 368 g/mol. The van der Waals surface area contributed by atoms with Crippen molar-refractivity contribution in [1.82, 2.24) is 20.9 Å². The fraction of sp³-hybridized carbons (Fsp3) is 0.591. The van der Waals surface area contributed by atoms with E-state index in [0.717, 1.165) is 24.2 Å². The number of hydrogen-bond donors (Lipinski definition) is 3. The van der Waals surface area contributed by atoms with Gasteiger partial charge in [0.1, 0.15) is 6.04 Å². The molecule has 3 amide bonds. The van der Waals surface area contributed by atoms with Gasteiger partial charge >= 0.3 is 0 Å². The van der Waals surface area contributed by atoms with Crippen molar-refractivity contribution < 1.29 is 14.4 Å². The number of rotatable bonds is 4. The molecule has 29 heavy (non-hydrogen) atoms. The van der Waals surface area contributed by atoms with Crippen LogP contribution in [-0.4, -0.2) is 46.8 Å². The van der Waals surface area contributed by atoms with Gasteiger partial charge in [-0.25, -0.2) is 0 Å². The lowest BCUT2D eigenvalue weighted by atomic mass is 9.68. The Kier molecular flexibility index (Phi) is 4.67. The third kappa shape index (κ3) is 3.16. The lowest BCUT2D eigenvalue weighted by Crippen LogP contribution is -2.66. The van der Waals surface area contributed by atoms with Crippen LogP contribution < -0.4 is 16.0 Å². The zero-order valence-electron chi connectivity index (χ0n) is 16.6. The fourth-order valence-electron chi connectivity index (χ4n) is 5.47. The zero-order valence-corrected chi connectivity index (χ0v) is 16.6. The van der Waals surface area contributed by atoms with Crippen molar-refractivity contribution in [2.75, 3.05) is 6.54 Å². The minimum Gasteiger partial charge on any atom is -0.322 e. The highest BCUT2D eigenvalue weighted by molar-refractivity contribution is 6.05. The van der Waals surface area contributed by atoms with Crippen molar-refractivity contribution >= 4 is 17.7 Å². The highest BCUT2D eigenvalue weighted by Crippen LogP contribution is 2.39. The summed E-state index contributed by atoms with van der Waals surface area (Å²) >= 11 is 0. The Labute approximate surface area is 170 Å². The van der Waals surface area contributed by atoms with Gasteiger partial charge in [-0.05, 0) is 62.3 Å². The van der Waals surface area contributed by atoms with Gasteiger partial charge < -0.3 is 15.5 Å². The summed E-state index contributed by atoms with van der Waals surface area (Å²) in [6.07, 6.45) is 6.81. The van der Waals surface area contributed by atoms with E-state index in [4.69, 9.17) is 0 Å². The van der Waals surface area contributed by atoms with Crippen molar-refractivity contribution in [2.24, 2.45) is 0 Å². The molecule has 5 rings (SSSR count). The van der Waals surface area contributed by atoms with Crippen LogP contribution in [0.1, 0.15) is 66.4 Å². The Morgan fingerprint density at radius 1 is 1.14 bits per heavy atom. The quantitative estimate of drug-likeness (QED) is 0.666. The van der Waals surface area contributed by atoms with Crippen molar-refractivity contribution in [2.45, 2.75) is 75.7 Å². The molecule has 1 saturated carbocycles. The van der Waals surface area contributed by atoms with Gasteiger partial charge in [0.05, 0.1) is 0 Å². The van der Waals surface area contributed by atoms with Gasteiger partial charge in [-0.2, -0.15) is 0 Å². The van der Waals surface area contributed by atoms with Gasteiger partial charge in [0.25, 0.3) is 5.91 Å². The number of carbonyl (C=O) groups is 3. The second-order valence-electron chi connectivity index (χ2n) is 8.86. The molecule has 3 aliphatic heterocycles. The average Bonchev–Trinajstić information content (AvgIpc) is 3.02.